The van der Waals surface area contributed by atoms with Crippen LogP contribution in [-0.4, -0.2) is 0 Å². The first-order valence-electron chi connectivity index (χ1n) is 21.5. The Hall–Kier alpha value is -7.14. The van der Waals surface area contributed by atoms with E-state index < -0.39 is 0 Å². The maximum Gasteiger partial charge on any atom is 0.137 e. The molecule has 2 aromatic heterocycles. The molecule has 0 N–H and O–H groups in total. The monoisotopic (exact) mass is 816 g/mol. The lowest BCUT2D eigenvalue weighted by molar-refractivity contribution is 0.603. The standard InChI is InChI=1S/C58H44N2OS/c1-57(2)48-34-40(59(38-20-10-6-11-21-38)42-28-31-45-44-25-15-17-27-51(44)61-52(45)36-42)29-32-46(48)55-53(57)54-56(62-55)47-33-30-41(35-49(47)58(54,3)4)60(39-22-12-7-13-23-39)50-26-16-14-24-43(50)37-18-8-5-9-19-37/h5-36H,1-4H3. The van der Waals surface area contributed by atoms with Crippen molar-refractivity contribution in [3.05, 3.63) is 216 Å². The molecule has 4 heteroatoms. The normalized spacial score (nSPS) is 14.1. The van der Waals surface area contributed by atoms with Crippen LogP contribution in [0.25, 0.3) is 53.9 Å². The van der Waals surface area contributed by atoms with Crippen LogP contribution in [0, 0.1) is 0 Å². The van der Waals surface area contributed by atoms with E-state index in [1.165, 1.54) is 54.3 Å². The average Bonchev–Trinajstić information content (AvgIpc) is 4.01. The second-order valence-corrected chi connectivity index (χ2v) is 18.7. The summed E-state index contributed by atoms with van der Waals surface area (Å²) in [6.45, 7) is 9.75. The van der Waals surface area contributed by atoms with E-state index in [1.807, 2.05) is 23.5 Å². The number of hydrogen-bond donors (Lipinski definition) is 0. The molecule has 3 nitrogen and oxygen atoms in total. The molecule has 0 unspecified atom stereocenters. The van der Waals surface area contributed by atoms with E-state index in [9.17, 15) is 0 Å². The third-order valence-electron chi connectivity index (χ3n) is 13.4. The molecule has 8 aromatic carbocycles. The summed E-state index contributed by atoms with van der Waals surface area (Å²) in [6, 6.07) is 70.2. The molecular weight excluding hydrogens is 773 g/mol. The lowest BCUT2D eigenvalue weighted by Crippen LogP contribution is -2.23. The van der Waals surface area contributed by atoms with Gasteiger partial charge in [-0.05, 0) is 112 Å². The van der Waals surface area contributed by atoms with Gasteiger partial charge in [0.05, 0.1) is 5.69 Å². The fraction of sp³-hybridized carbons (Fsp3) is 0.103. The minimum absolute atomic E-state index is 0.216. The van der Waals surface area contributed by atoms with Gasteiger partial charge in [-0.1, -0.05) is 143 Å². The Kier molecular flexibility index (Phi) is 8.10. The quantitative estimate of drug-likeness (QED) is 0.160. The molecule has 2 aliphatic carbocycles. The lowest BCUT2D eigenvalue weighted by Gasteiger charge is -2.31. The van der Waals surface area contributed by atoms with E-state index in [0.717, 1.165) is 56.1 Å². The molecule has 62 heavy (non-hydrogen) atoms. The van der Waals surface area contributed by atoms with Gasteiger partial charge in [0.1, 0.15) is 11.2 Å². The predicted molar refractivity (Wildman–Crippen MR) is 262 cm³/mol. The lowest BCUT2D eigenvalue weighted by atomic mass is 9.74. The van der Waals surface area contributed by atoms with Crippen LogP contribution in [0.15, 0.2) is 199 Å². The van der Waals surface area contributed by atoms with Gasteiger partial charge in [-0.3, -0.25) is 0 Å². The number of thiophene rings is 1. The van der Waals surface area contributed by atoms with Crippen LogP contribution in [-0.2, 0) is 10.8 Å². The zero-order valence-corrected chi connectivity index (χ0v) is 36.0. The largest absolute Gasteiger partial charge is 0.456 e. The number of para-hydroxylation sites is 4. The summed E-state index contributed by atoms with van der Waals surface area (Å²) in [5.74, 6) is 0. The SMILES string of the molecule is CC1(C)c2cc(N(c3ccccc3)c3ccc4c(c3)oc3ccccc34)ccc2-c2sc3c(c21)C(C)(C)c1cc(N(c2ccccc2)c2ccccc2-c2ccccc2)ccc1-3. The van der Waals surface area contributed by atoms with Gasteiger partial charge in [-0.25, -0.2) is 0 Å². The molecule has 10 aromatic rings. The number of anilines is 6. The first kappa shape index (κ1) is 36.7. The Morgan fingerprint density at radius 3 is 1.52 bits per heavy atom. The van der Waals surface area contributed by atoms with E-state index in [4.69, 9.17) is 4.42 Å². The van der Waals surface area contributed by atoms with Gasteiger partial charge in [0.25, 0.3) is 0 Å². The fourth-order valence-corrected chi connectivity index (χ4v) is 12.2. The highest BCUT2D eigenvalue weighted by atomic mass is 32.1. The fourth-order valence-electron chi connectivity index (χ4n) is 10.5. The second kappa shape index (κ2) is 13.7. The Labute approximate surface area is 366 Å². The Morgan fingerprint density at radius 1 is 0.387 bits per heavy atom. The number of benzene rings is 8. The molecule has 0 fully saturated rings. The van der Waals surface area contributed by atoms with Crippen LogP contribution < -0.4 is 9.80 Å². The van der Waals surface area contributed by atoms with E-state index in [-0.39, 0.29) is 10.8 Å². The molecule has 0 saturated carbocycles. The van der Waals surface area contributed by atoms with Gasteiger partial charge in [0, 0.05) is 71.4 Å². The molecule has 2 aliphatic rings. The van der Waals surface area contributed by atoms with E-state index in [2.05, 4.69) is 219 Å². The summed E-state index contributed by atoms with van der Waals surface area (Å²) in [5, 5.41) is 2.27. The molecule has 0 bridgehead atoms. The van der Waals surface area contributed by atoms with Crippen LogP contribution >= 0.6 is 11.3 Å². The van der Waals surface area contributed by atoms with E-state index in [0.29, 0.717) is 0 Å². The average molecular weight is 817 g/mol. The van der Waals surface area contributed by atoms with Gasteiger partial charge < -0.3 is 14.2 Å². The number of nitrogens with zero attached hydrogens (tertiary/aromatic N) is 2. The summed E-state index contributed by atoms with van der Waals surface area (Å²) in [6.07, 6.45) is 0. The van der Waals surface area contributed by atoms with Crippen LogP contribution in [0.1, 0.15) is 49.9 Å². The van der Waals surface area contributed by atoms with Crippen molar-refractivity contribution in [3.8, 4) is 32.0 Å². The van der Waals surface area contributed by atoms with Gasteiger partial charge >= 0.3 is 0 Å². The van der Waals surface area contributed by atoms with Crippen LogP contribution in [0.2, 0.25) is 0 Å². The van der Waals surface area contributed by atoms with Crippen molar-refractivity contribution in [1.29, 1.82) is 0 Å². The number of fused-ring (bicyclic) bond motifs is 10. The van der Waals surface area contributed by atoms with E-state index in [1.54, 1.807) is 0 Å². The van der Waals surface area contributed by atoms with Crippen molar-refractivity contribution < 1.29 is 4.42 Å². The van der Waals surface area contributed by atoms with Crippen molar-refractivity contribution >= 4 is 67.4 Å². The van der Waals surface area contributed by atoms with Crippen molar-refractivity contribution in [2.45, 2.75) is 38.5 Å². The molecule has 0 saturated heterocycles. The third kappa shape index (κ3) is 5.43. The minimum atomic E-state index is -0.220. The highest BCUT2D eigenvalue weighted by molar-refractivity contribution is 7.19. The molecule has 0 atom stereocenters. The predicted octanol–water partition coefficient (Wildman–Crippen LogP) is 16.9. The summed E-state index contributed by atoms with van der Waals surface area (Å²) < 4.78 is 6.40. The molecule has 298 valence electrons. The Balaban J connectivity index is 0.958. The zero-order chi connectivity index (χ0) is 41.7. The van der Waals surface area contributed by atoms with Crippen LogP contribution in [0.4, 0.5) is 34.1 Å². The minimum Gasteiger partial charge on any atom is -0.456 e. The molecule has 2 heterocycles. The zero-order valence-electron chi connectivity index (χ0n) is 35.2. The molecule has 0 radical (unpaired) electrons. The summed E-state index contributed by atoms with van der Waals surface area (Å²) >= 11 is 1.98. The van der Waals surface area contributed by atoms with Gasteiger partial charge in [-0.15, -0.1) is 11.3 Å². The highest BCUT2D eigenvalue weighted by Crippen LogP contribution is 2.64. The van der Waals surface area contributed by atoms with Crippen molar-refractivity contribution in [2.75, 3.05) is 9.80 Å². The maximum atomic E-state index is 6.40. The smallest absolute Gasteiger partial charge is 0.137 e. The number of rotatable bonds is 7. The molecule has 12 rings (SSSR count). The summed E-state index contributed by atoms with van der Waals surface area (Å²) in [7, 11) is 0. The molecule has 0 aliphatic heterocycles. The van der Waals surface area contributed by atoms with Crippen LogP contribution in [0.5, 0.6) is 0 Å². The van der Waals surface area contributed by atoms with Gasteiger partial charge in [0.2, 0.25) is 0 Å². The molecule has 0 spiro atoms. The molecule has 0 amide bonds. The Bertz CT molecular complexity index is 3360. The summed E-state index contributed by atoms with van der Waals surface area (Å²) in [5.41, 5.74) is 18.9. The van der Waals surface area contributed by atoms with Crippen molar-refractivity contribution in [3.63, 3.8) is 0 Å². The van der Waals surface area contributed by atoms with Crippen LogP contribution in [0.3, 0.4) is 0 Å². The number of furan rings is 1. The van der Waals surface area contributed by atoms with E-state index >= 15 is 0 Å². The second-order valence-electron chi connectivity index (χ2n) is 17.7. The maximum absolute atomic E-state index is 6.40. The van der Waals surface area contributed by atoms with Crippen molar-refractivity contribution in [2.24, 2.45) is 0 Å². The van der Waals surface area contributed by atoms with Crippen molar-refractivity contribution in [1.82, 2.24) is 0 Å². The topological polar surface area (TPSA) is 19.6 Å². The summed E-state index contributed by atoms with van der Waals surface area (Å²) in [4.78, 5) is 7.61. The highest BCUT2D eigenvalue weighted by Gasteiger charge is 2.48. The first-order chi connectivity index (χ1) is 30.3. The Morgan fingerprint density at radius 2 is 0.871 bits per heavy atom. The number of hydrogen-bond acceptors (Lipinski definition) is 4. The first-order valence-corrected chi connectivity index (χ1v) is 22.3. The van der Waals surface area contributed by atoms with Gasteiger partial charge in [-0.2, -0.15) is 0 Å². The third-order valence-corrected chi connectivity index (χ3v) is 14.7. The molecular formula is C58H44N2OS. The van der Waals surface area contributed by atoms with Gasteiger partial charge in [0.15, 0.2) is 0 Å².